The van der Waals surface area contributed by atoms with Crippen molar-refractivity contribution in [1.29, 1.82) is 0 Å². The summed E-state index contributed by atoms with van der Waals surface area (Å²) in [5.74, 6) is 1.12. The highest BCUT2D eigenvalue weighted by molar-refractivity contribution is 5.17. The normalized spacial score (nSPS) is 20.4. The van der Waals surface area contributed by atoms with Gasteiger partial charge < -0.3 is 9.73 Å². The van der Waals surface area contributed by atoms with Crippen LogP contribution >= 0.6 is 0 Å². The molecule has 1 N–H and O–H groups in total. The van der Waals surface area contributed by atoms with E-state index in [0.717, 1.165) is 31.4 Å². The SMILES string of the molecule is CCCNCc1occc1CN1CCCCC1CCC. The van der Waals surface area contributed by atoms with Gasteiger partial charge in [0.1, 0.15) is 5.76 Å². The molecule has 3 heteroatoms. The van der Waals surface area contributed by atoms with Crippen molar-refractivity contribution in [3.8, 4) is 0 Å². The minimum Gasteiger partial charge on any atom is -0.468 e. The Morgan fingerprint density at radius 1 is 1.30 bits per heavy atom. The van der Waals surface area contributed by atoms with Crippen molar-refractivity contribution >= 4 is 0 Å². The molecule has 1 aromatic rings. The summed E-state index contributed by atoms with van der Waals surface area (Å²) in [6.07, 6.45) is 9.75. The second-order valence-corrected chi connectivity index (χ2v) is 5.95. The van der Waals surface area contributed by atoms with Crippen molar-refractivity contribution in [2.24, 2.45) is 0 Å². The lowest BCUT2D eigenvalue weighted by molar-refractivity contribution is 0.130. The number of nitrogens with zero attached hydrogens (tertiary/aromatic N) is 1. The number of furan rings is 1. The third-order valence-electron chi connectivity index (χ3n) is 4.29. The molecule has 1 saturated heterocycles. The predicted octanol–water partition coefficient (Wildman–Crippen LogP) is 3.93. The third kappa shape index (κ3) is 4.35. The van der Waals surface area contributed by atoms with E-state index in [4.69, 9.17) is 4.42 Å². The van der Waals surface area contributed by atoms with Crippen LogP contribution in [0.2, 0.25) is 0 Å². The maximum absolute atomic E-state index is 5.66. The lowest BCUT2D eigenvalue weighted by Crippen LogP contribution is -2.39. The molecular formula is C17H30N2O. The Labute approximate surface area is 123 Å². The topological polar surface area (TPSA) is 28.4 Å². The number of likely N-dealkylation sites (tertiary alicyclic amines) is 1. The van der Waals surface area contributed by atoms with Crippen LogP contribution in [0.4, 0.5) is 0 Å². The molecule has 1 unspecified atom stereocenters. The van der Waals surface area contributed by atoms with Gasteiger partial charge in [-0.1, -0.05) is 26.7 Å². The second-order valence-electron chi connectivity index (χ2n) is 5.95. The van der Waals surface area contributed by atoms with E-state index in [1.807, 2.05) is 6.26 Å². The van der Waals surface area contributed by atoms with E-state index in [1.165, 1.54) is 50.6 Å². The largest absolute Gasteiger partial charge is 0.468 e. The van der Waals surface area contributed by atoms with Crippen LogP contribution in [-0.2, 0) is 13.1 Å². The van der Waals surface area contributed by atoms with Gasteiger partial charge in [-0.05, 0) is 44.8 Å². The lowest BCUT2D eigenvalue weighted by Gasteiger charge is -2.35. The monoisotopic (exact) mass is 278 g/mol. The van der Waals surface area contributed by atoms with Gasteiger partial charge in [0.2, 0.25) is 0 Å². The highest BCUT2D eigenvalue weighted by Gasteiger charge is 2.22. The summed E-state index contributed by atoms with van der Waals surface area (Å²) in [7, 11) is 0. The van der Waals surface area contributed by atoms with Crippen molar-refractivity contribution < 1.29 is 4.42 Å². The zero-order valence-electron chi connectivity index (χ0n) is 13.2. The fourth-order valence-electron chi connectivity index (χ4n) is 3.19. The van der Waals surface area contributed by atoms with Crippen LogP contribution in [0.1, 0.15) is 63.7 Å². The van der Waals surface area contributed by atoms with Crippen LogP contribution in [0.3, 0.4) is 0 Å². The number of hydrogen-bond acceptors (Lipinski definition) is 3. The molecule has 1 atom stereocenters. The van der Waals surface area contributed by atoms with E-state index in [2.05, 4.69) is 30.1 Å². The highest BCUT2D eigenvalue weighted by Crippen LogP contribution is 2.24. The summed E-state index contributed by atoms with van der Waals surface area (Å²) >= 11 is 0. The molecule has 2 rings (SSSR count). The zero-order valence-corrected chi connectivity index (χ0v) is 13.2. The van der Waals surface area contributed by atoms with Gasteiger partial charge >= 0.3 is 0 Å². The molecule has 0 saturated carbocycles. The molecule has 1 aromatic heterocycles. The maximum atomic E-state index is 5.66. The molecule has 0 aliphatic carbocycles. The molecule has 0 radical (unpaired) electrons. The minimum atomic E-state index is 0.778. The van der Waals surface area contributed by atoms with Crippen molar-refractivity contribution in [3.63, 3.8) is 0 Å². The first-order valence-corrected chi connectivity index (χ1v) is 8.35. The second kappa shape index (κ2) is 8.48. The van der Waals surface area contributed by atoms with Gasteiger partial charge in [-0.2, -0.15) is 0 Å². The Morgan fingerprint density at radius 3 is 3.00 bits per heavy atom. The Balaban J connectivity index is 1.92. The van der Waals surface area contributed by atoms with Crippen molar-refractivity contribution in [2.75, 3.05) is 13.1 Å². The summed E-state index contributed by atoms with van der Waals surface area (Å²) in [6.45, 7) is 8.72. The smallest absolute Gasteiger partial charge is 0.122 e. The van der Waals surface area contributed by atoms with Crippen molar-refractivity contribution in [2.45, 2.75) is 71.5 Å². The van der Waals surface area contributed by atoms with Crippen LogP contribution in [0.15, 0.2) is 16.7 Å². The third-order valence-corrected chi connectivity index (χ3v) is 4.29. The van der Waals surface area contributed by atoms with Gasteiger partial charge in [0.25, 0.3) is 0 Å². The van der Waals surface area contributed by atoms with E-state index < -0.39 is 0 Å². The summed E-state index contributed by atoms with van der Waals surface area (Å²) < 4.78 is 5.66. The molecule has 0 aromatic carbocycles. The van der Waals surface area contributed by atoms with Crippen LogP contribution in [0.25, 0.3) is 0 Å². The average molecular weight is 278 g/mol. The van der Waals surface area contributed by atoms with Crippen molar-refractivity contribution in [3.05, 3.63) is 23.7 Å². The highest BCUT2D eigenvalue weighted by atomic mass is 16.3. The van der Waals surface area contributed by atoms with Gasteiger partial charge in [-0.3, -0.25) is 4.90 Å². The van der Waals surface area contributed by atoms with Crippen molar-refractivity contribution in [1.82, 2.24) is 10.2 Å². The van der Waals surface area contributed by atoms with Crippen LogP contribution in [0, 0.1) is 0 Å². The molecule has 1 aliphatic heterocycles. The Bertz CT molecular complexity index is 373. The fourth-order valence-corrected chi connectivity index (χ4v) is 3.19. The number of hydrogen-bond donors (Lipinski definition) is 1. The molecule has 2 heterocycles. The Kier molecular flexibility index (Phi) is 6.61. The molecule has 1 aliphatic rings. The quantitative estimate of drug-likeness (QED) is 0.730. The first kappa shape index (κ1) is 15.6. The van der Waals surface area contributed by atoms with E-state index in [-0.39, 0.29) is 0 Å². The summed E-state index contributed by atoms with van der Waals surface area (Å²) in [5.41, 5.74) is 1.37. The molecule has 1 fully saturated rings. The molecule has 3 nitrogen and oxygen atoms in total. The van der Waals surface area contributed by atoms with E-state index in [9.17, 15) is 0 Å². The number of nitrogens with one attached hydrogen (secondary N) is 1. The van der Waals surface area contributed by atoms with Gasteiger partial charge in [0.05, 0.1) is 12.8 Å². The van der Waals surface area contributed by atoms with Crippen LogP contribution in [0.5, 0.6) is 0 Å². The van der Waals surface area contributed by atoms with Crippen LogP contribution in [-0.4, -0.2) is 24.0 Å². The molecule has 0 bridgehead atoms. The average Bonchev–Trinajstić information content (AvgIpc) is 2.89. The van der Waals surface area contributed by atoms with Gasteiger partial charge in [0, 0.05) is 18.2 Å². The number of piperidine rings is 1. The summed E-state index contributed by atoms with van der Waals surface area (Å²) in [5, 5.41) is 3.44. The minimum absolute atomic E-state index is 0.778. The zero-order chi connectivity index (χ0) is 14.2. The molecule has 0 amide bonds. The summed E-state index contributed by atoms with van der Waals surface area (Å²) in [6, 6.07) is 2.93. The van der Waals surface area contributed by atoms with E-state index in [1.54, 1.807) is 0 Å². The van der Waals surface area contributed by atoms with Gasteiger partial charge in [0.15, 0.2) is 0 Å². The predicted molar refractivity (Wildman–Crippen MR) is 83.7 cm³/mol. The van der Waals surface area contributed by atoms with Gasteiger partial charge in [-0.15, -0.1) is 0 Å². The fraction of sp³-hybridized carbons (Fsp3) is 0.765. The lowest BCUT2D eigenvalue weighted by atomic mass is 9.97. The van der Waals surface area contributed by atoms with E-state index in [0.29, 0.717) is 0 Å². The molecule has 114 valence electrons. The molecule has 0 spiro atoms. The summed E-state index contributed by atoms with van der Waals surface area (Å²) in [4.78, 5) is 2.67. The van der Waals surface area contributed by atoms with Gasteiger partial charge in [-0.25, -0.2) is 0 Å². The van der Waals surface area contributed by atoms with E-state index >= 15 is 0 Å². The maximum Gasteiger partial charge on any atom is 0.122 e. The Morgan fingerprint density at radius 2 is 2.20 bits per heavy atom. The standard InChI is InChI=1S/C17H30N2O/c1-3-7-16-8-5-6-11-19(16)14-15-9-12-20-17(15)13-18-10-4-2/h9,12,16,18H,3-8,10-11,13-14H2,1-2H3. The molecule has 20 heavy (non-hydrogen) atoms. The number of rotatable bonds is 8. The Hall–Kier alpha value is -0.800. The van der Waals surface area contributed by atoms with Crippen LogP contribution < -0.4 is 5.32 Å². The molecular weight excluding hydrogens is 248 g/mol. The first-order chi connectivity index (χ1) is 9.85. The first-order valence-electron chi connectivity index (χ1n) is 8.35.